The first kappa shape index (κ1) is 28.4. The van der Waals surface area contributed by atoms with Gasteiger partial charge in [-0.3, -0.25) is 9.59 Å². The summed E-state index contributed by atoms with van der Waals surface area (Å²) < 4.78 is 0. The highest BCUT2D eigenvalue weighted by molar-refractivity contribution is 7.99. The Kier molecular flexibility index (Phi) is 11.0. The van der Waals surface area contributed by atoms with Crippen LogP contribution in [0, 0.1) is 0 Å². The summed E-state index contributed by atoms with van der Waals surface area (Å²) in [6.07, 6.45) is 0.402. The molecule has 2 amide bonds. The minimum Gasteiger partial charge on any atom is -0.352 e. The summed E-state index contributed by atoms with van der Waals surface area (Å²) in [5, 5.41) is 4.71. The maximum Gasteiger partial charge on any atom is 0.243 e. The van der Waals surface area contributed by atoms with E-state index in [9.17, 15) is 9.59 Å². The van der Waals surface area contributed by atoms with Crippen LogP contribution in [-0.2, 0) is 28.3 Å². The summed E-state index contributed by atoms with van der Waals surface area (Å²) in [6.45, 7) is 4.09. The summed E-state index contributed by atoms with van der Waals surface area (Å²) in [5.74, 6) is 0.425. The van der Waals surface area contributed by atoms with Crippen LogP contribution >= 0.6 is 46.6 Å². The van der Waals surface area contributed by atoms with E-state index in [1.54, 1.807) is 23.1 Å². The van der Waals surface area contributed by atoms with Crippen molar-refractivity contribution in [2.75, 3.05) is 5.75 Å². The van der Waals surface area contributed by atoms with Gasteiger partial charge in [0, 0.05) is 39.8 Å². The van der Waals surface area contributed by atoms with Crippen molar-refractivity contribution in [3.05, 3.63) is 105 Å². The lowest BCUT2D eigenvalue weighted by Gasteiger charge is -2.32. The number of hydrogen-bond acceptors (Lipinski definition) is 3. The van der Waals surface area contributed by atoms with Crippen molar-refractivity contribution in [1.29, 1.82) is 0 Å². The van der Waals surface area contributed by atoms with Crippen molar-refractivity contribution in [3.8, 4) is 0 Å². The van der Waals surface area contributed by atoms with E-state index in [4.69, 9.17) is 34.8 Å². The monoisotopic (exact) mass is 562 g/mol. The van der Waals surface area contributed by atoms with E-state index in [-0.39, 0.29) is 30.2 Å². The number of benzene rings is 3. The number of carbonyl (C=O) groups excluding carboxylic acids is 2. The van der Waals surface area contributed by atoms with E-state index in [0.29, 0.717) is 27.2 Å². The van der Waals surface area contributed by atoms with Crippen LogP contribution in [0.25, 0.3) is 0 Å². The molecule has 0 heterocycles. The quantitative estimate of drug-likeness (QED) is 0.272. The average Bonchev–Trinajstić information content (AvgIpc) is 2.83. The molecule has 1 unspecified atom stereocenters. The van der Waals surface area contributed by atoms with Gasteiger partial charge in [-0.1, -0.05) is 83.3 Å². The van der Waals surface area contributed by atoms with E-state index in [0.717, 1.165) is 16.7 Å². The molecule has 1 atom stereocenters. The minimum absolute atomic E-state index is 0.0553. The molecule has 0 bridgehead atoms. The zero-order valence-electron chi connectivity index (χ0n) is 20.2. The van der Waals surface area contributed by atoms with Gasteiger partial charge in [0.15, 0.2) is 0 Å². The number of halogens is 3. The van der Waals surface area contributed by atoms with E-state index >= 15 is 0 Å². The van der Waals surface area contributed by atoms with Crippen LogP contribution in [0.5, 0.6) is 0 Å². The van der Waals surface area contributed by atoms with Crippen LogP contribution in [0.1, 0.15) is 30.5 Å². The zero-order chi connectivity index (χ0) is 26.1. The van der Waals surface area contributed by atoms with Crippen LogP contribution in [-0.4, -0.2) is 34.6 Å². The molecule has 4 nitrogen and oxygen atoms in total. The molecule has 0 spiro atoms. The van der Waals surface area contributed by atoms with E-state index in [1.807, 2.05) is 68.4 Å². The Morgan fingerprint density at radius 2 is 1.58 bits per heavy atom. The smallest absolute Gasteiger partial charge is 0.243 e. The molecule has 0 saturated carbocycles. The molecule has 1 N–H and O–H groups in total. The number of nitrogens with zero attached hydrogens (tertiary/aromatic N) is 1. The van der Waals surface area contributed by atoms with Crippen molar-refractivity contribution in [2.45, 2.75) is 44.6 Å². The Bertz CT molecular complexity index is 1170. The molecule has 3 aromatic carbocycles. The first-order chi connectivity index (χ1) is 17.2. The topological polar surface area (TPSA) is 49.4 Å². The molecule has 0 aliphatic rings. The van der Waals surface area contributed by atoms with Crippen molar-refractivity contribution in [3.63, 3.8) is 0 Å². The van der Waals surface area contributed by atoms with Gasteiger partial charge in [-0.15, -0.1) is 11.8 Å². The molecular formula is C28H29Cl3N2O2S. The van der Waals surface area contributed by atoms with Gasteiger partial charge in [-0.2, -0.15) is 0 Å². The van der Waals surface area contributed by atoms with E-state index < -0.39 is 6.04 Å². The molecule has 0 aliphatic carbocycles. The molecule has 8 heteroatoms. The molecule has 0 fully saturated rings. The van der Waals surface area contributed by atoms with Gasteiger partial charge in [-0.05, 0) is 54.8 Å². The summed E-state index contributed by atoms with van der Waals surface area (Å²) >= 11 is 20.0. The fourth-order valence-electron chi connectivity index (χ4n) is 3.74. The van der Waals surface area contributed by atoms with Crippen molar-refractivity contribution in [1.82, 2.24) is 10.2 Å². The second kappa shape index (κ2) is 13.9. The molecule has 0 radical (unpaired) electrons. The van der Waals surface area contributed by atoms with Crippen LogP contribution in [0.4, 0.5) is 0 Å². The first-order valence-corrected chi connectivity index (χ1v) is 13.9. The van der Waals surface area contributed by atoms with Crippen LogP contribution in [0.15, 0.2) is 72.8 Å². The fraction of sp³-hybridized carbons (Fsp3) is 0.286. The van der Waals surface area contributed by atoms with Gasteiger partial charge in [0.05, 0.1) is 5.75 Å². The Morgan fingerprint density at radius 1 is 0.889 bits per heavy atom. The van der Waals surface area contributed by atoms with Crippen LogP contribution in [0.3, 0.4) is 0 Å². The summed E-state index contributed by atoms with van der Waals surface area (Å²) in [7, 11) is 0. The lowest BCUT2D eigenvalue weighted by atomic mass is 10.0. The molecule has 3 aromatic rings. The molecular weight excluding hydrogens is 535 g/mol. The molecule has 190 valence electrons. The fourth-order valence-corrected chi connectivity index (χ4v) is 5.42. The number of rotatable bonds is 11. The van der Waals surface area contributed by atoms with Gasteiger partial charge >= 0.3 is 0 Å². The Balaban J connectivity index is 1.85. The van der Waals surface area contributed by atoms with Gasteiger partial charge < -0.3 is 10.2 Å². The SMILES string of the molecule is CC(C)NC(=O)C(Cc1ccccc1)N(Cc1cccc(Cl)c1)C(=O)CSCc1ccc(Cl)cc1Cl. The second-order valence-electron chi connectivity index (χ2n) is 8.75. The van der Waals surface area contributed by atoms with Gasteiger partial charge in [-0.25, -0.2) is 0 Å². The van der Waals surface area contributed by atoms with Crippen molar-refractivity contribution < 1.29 is 9.59 Å². The maximum absolute atomic E-state index is 13.6. The second-order valence-corrected chi connectivity index (χ2v) is 11.0. The van der Waals surface area contributed by atoms with Crippen LogP contribution < -0.4 is 5.32 Å². The third-order valence-electron chi connectivity index (χ3n) is 5.44. The van der Waals surface area contributed by atoms with E-state index in [2.05, 4.69) is 5.32 Å². The van der Waals surface area contributed by atoms with Gasteiger partial charge in [0.2, 0.25) is 11.8 Å². The van der Waals surface area contributed by atoms with Gasteiger partial charge in [0.25, 0.3) is 0 Å². The number of thioether (sulfide) groups is 1. The molecule has 0 saturated heterocycles. The van der Waals surface area contributed by atoms with Crippen LogP contribution in [0.2, 0.25) is 15.1 Å². The normalized spacial score (nSPS) is 11.8. The van der Waals surface area contributed by atoms with Crippen molar-refractivity contribution in [2.24, 2.45) is 0 Å². The standard InChI is InChI=1S/C28H29Cl3N2O2S/c1-19(2)32-28(35)26(14-20-7-4-3-5-8-20)33(16-21-9-6-10-23(29)13-21)27(34)18-36-17-22-11-12-24(30)15-25(22)31/h3-13,15,19,26H,14,16-18H2,1-2H3,(H,32,35). The highest BCUT2D eigenvalue weighted by atomic mass is 35.5. The first-order valence-electron chi connectivity index (χ1n) is 11.6. The number of amides is 2. The number of hydrogen-bond donors (Lipinski definition) is 1. The molecule has 3 rings (SSSR count). The lowest BCUT2D eigenvalue weighted by Crippen LogP contribution is -2.52. The summed E-state index contributed by atoms with van der Waals surface area (Å²) in [6, 6.07) is 21.7. The highest BCUT2D eigenvalue weighted by Gasteiger charge is 2.30. The highest BCUT2D eigenvalue weighted by Crippen LogP contribution is 2.25. The molecule has 0 aromatic heterocycles. The third kappa shape index (κ3) is 8.74. The largest absolute Gasteiger partial charge is 0.352 e. The Hall–Kier alpha value is -2.18. The number of nitrogens with one attached hydrogen (secondary N) is 1. The van der Waals surface area contributed by atoms with E-state index in [1.165, 1.54) is 11.8 Å². The van der Waals surface area contributed by atoms with Crippen molar-refractivity contribution >= 4 is 58.4 Å². The lowest BCUT2D eigenvalue weighted by molar-refractivity contribution is -0.139. The Labute approximate surface area is 232 Å². The Morgan fingerprint density at radius 3 is 2.25 bits per heavy atom. The summed E-state index contributed by atoms with van der Waals surface area (Å²) in [4.78, 5) is 28.6. The minimum atomic E-state index is -0.680. The predicted molar refractivity (Wildman–Crippen MR) is 152 cm³/mol. The van der Waals surface area contributed by atoms with Gasteiger partial charge in [0.1, 0.15) is 6.04 Å². The number of carbonyl (C=O) groups is 2. The average molecular weight is 564 g/mol. The molecule has 0 aliphatic heterocycles. The maximum atomic E-state index is 13.6. The third-order valence-corrected chi connectivity index (χ3v) is 7.23. The zero-order valence-corrected chi connectivity index (χ0v) is 23.3. The summed E-state index contributed by atoms with van der Waals surface area (Å²) in [5.41, 5.74) is 2.74. The molecule has 36 heavy (non-hydrogen) atoms. The predicted octanol–water partition coefficient (Wildman–Crippen LogP) is 7.04.